The van der Waals surface area contributed by atoms with E-state index in [-0.39, 0.29) is 11.8 Å². The van der Waals surface area contributed by atoms with Gasteiger partial charge in [0.25, 0.3) is 0 Å². The van der Waals surface area contributed by atoms with Crippen LogP contribution < -0.4 is 16.4 Å². The van der Waals surface area contributed by atoms with Crippen LogP contribution in [0.3, 0.4) is 0 Å². The van der Waals surface area contributed by atoms with Gasteiger partial charge in [0.15, 0.2) is 0 Å². The van der Waals surface area contributed by atoms with Crippen LogP contribution in [0.2, 0.25) is 0 Å². The summed E-state index contributed by atoms with van der Waals surface area (Å²) >= 11 is 0. The van der Waals surface area contributed by atoms with Crippen LogP contribution in [0.25, 0.3) is 0 Å². The fourth-order valence-corrected chi connectivity index (χ4v) is 2.15. The molecule has 0 radical (unpaired) electrons. The van der Waals surface area contributed by atoms with Crippen molar-refractivity contribution in [3.8, 4) is 0 Å². The molecule has 0 aliphatic heterocycles. The third kappa shape index (κ3) is 6.02. The molecule has 0 bridgehead atoms. The van der Waals surface area contributed by atoms with Crippen molar-refractivity contribution in [3.05, 3.63) is 17.8 Å². The van der Waals surface area contributed by atoms with Gasteiger partial charge in [0, 0.05) is 19.0 Å². The van der Waals surface area contributed by atoms with Crippen LogP contribution in [0, 0.1) is 12.8 Å². The number of nitrogens with zero attached hydrogens (tertiary/aromatic N) is 1. The van der Waals surface area contributed by atoms with Crippen molar-refractivity contribution < 1.29 is 4.79 Å². The van der Waals surface area contributed by atoms with Gasteiger partial charge < -0.3 is 16.4 Å². The summed E-state index contributed by atoms with van der Waals surface area (Å²) in [6.07, 6.45) is 3.78. The van der Waals surface area contributed by atoms with Crippen LogP contribution in [-0.2, 0) is 4.79 Å². The maximum Gasteiger partial charge on any atom is 0.223 e. The average molecular weight is 292 g/mol. The molecule has 1 rings (SSSR count). The minimum Gasteiger partial charge on any atom is -0.397 e. The van der Waals surface area contributed by atoms with E-state index in [1.165, 1.54) is 0 Å². The van der Waals surface area contributed by atoms with Crippen LogP contribution in [0.4, 0.5) is 11.5 Å². The molecule has 118 valence electrons. The van der Waals surface area contributed by atoms with Crippen molar-refractivity contribution in [2.75, 3.05) is 24.1 Å². The summed E-state index contributed by atoms with van der Waals surface area (Å²) < 4.78 is 0. The van der Waals surface area contributed by atoms with E-state index in [0.717, 1.165) is 50.3 Å². The molecule has 4 N–H and O–H groups in total. The zero-order valence-corrected chi connectivity index (χ0v) is 13.4. The molecule has 5 heteroatoms. The molecule has 1 heterocycles. The molecule has 21 heavy (non-hydrogen) atoms. The number of unbranched alkanes of at least 4 members (excludes halogenated alkanes) is 1. The van der Waals surface area contributed by atoms with Gasteiger partial charge in [-0.25, -0.2) is 4.98 Å². The van der Waals surface area contributed by atoms with Gasteiger partial charge in [-0.1, -0.05) is 13.8 Å². The molecule has 1 amide bonds. The Morgan fingerprint density at radius 3 is 2.52 bits per heavy atom. The lowest BCUT2D eigenvalue weighted by atomic mass is 10.0. The topological polar surface area (TPSA) is 80.0 Å². The number of carbonyl (C=O) groups excluding carboxylic acids is 1. The number of hydrogen-bond donors (Lipinski definition) is 3. The predicted octanol–water partition coefficient (Wildman–Crippen LogP) is 2.72. The summed E-state index contributed by atoms with van der Waals surface area (Å²) in [5.74, 6) is 1.19. The van der Waals surface area contributed by atoms with Gasteiger partial charge in [-0.2, -0.15) is 0 Å². The van der Waals surface area contributed by atoms with Crippen molar-refractivity contribution >= 4 is 17.4 Å². The van der Waals surface area contributed by atoms with Crippen LogP contribution in [0.1, 0.15) is 45.2 Å². The summed E-state index contributed by atoms with van der Waals surface area (Å²) in [6, 6.07) is 3.75. The highest BCUT2D eigenvalue weighted by molar-refractivity contribution is 5.78. The molecule has 0 fully saturated rings. The molecule has 0 spiro atoms. The standard InChI is InChI=1S/C16H28N4O/c1-4-13(5-2)16(21)19-11-7-6-10-18-15-9-8-14(17)12(3)20-15/h8-9,13H,4-7,10-11,17H2,1-3H3,(H,18,20)(H,19,21). The Morgan fingerprint density at radius 1 is 1.24 bits per heavy atom. The number of carbonyl (C=O) groups is 1. The first-order valence-corrected chi connectivity index (χ1v) is 7.83. The summed E-state index contributed by atoms with van der Waals surface area (Å²) in [5, 5.41) is 6.27. The van der Waals surface area contributed by atoms with E-state index in [4.69, 9.17) is 5.73 Å². The second-order valence-electron chi connectivity index (χ2n) is 5.31. The van der Waals surface area contributed by atoms with E-state index in [1.54, 1.807) is 0 Å². The van der Waals surface area contributed by atoms with E-state index in [1.807, 2.05) is 19.1 Å². The fraction of sp³-hybridized carbons (Fsp3) is 0.625. The van der Waals surface area contributed by atoms with Crippen LogP contribution in [0.5, 0.6) is 0 Å². The highest BCUT2D eigenvalue weighted by atomic mass is 16.1. The zero-order valence-electron chi connectivity index (χ0n) is 13.4. The molecule has 5 nitrogen and oxygen atoms in total. The Bertz CT molecular complexity index is 444. The van der Waals surface area contributed by atoms with E-state index in [9.17, 15) is 4.79 Å². The fourth-order valence-electron chi connectivity index (χ4n) is 2.15. The molecule has 0 unspecified atom stereocenters. The predicted molar refractivity (Wildman–Crippen MR) is 88.2 cm³/mol. The van der Waals surface area contributed by atoms with Gasteiger partial charge in [0.2, 0.25) is 5.91 Å². The Hall–Kier alpha value is -1.78. The Labute approximate surface area is 127 Å². The van der Waals surface area contributed by atoms with Gasteiger partial charge in [-0.05, 0) is 44.7 Å². The first-order chi connectivity index (χ1) is 10.1. The molecule has 0 saturated heterocycles. The maximum atomic E-state index is 11.8. The molecule has 0 aliphatic rings. The summed E-state index contributed by atoms with van der Waals surface area (Å²) in [6.45, 7) is 7.59. The number of anilines is 2. The quantitative estimate of drug-likeness (QED) is 0.611. The SMILES string of the molecule is CCC(CC)C(=O)NCCCCNc1ccc(N)c(C)n1. The largest absolute Gasteiger partial charge is 0.397 e. The second kappa shape index (κ2) is 9.21. The molecule has 0 atom stereocenters. The lowest BCUT2D eigenvalue weighted by Crippen LogP contribution is -2.31. The lowest BCUT2D eigenvalue weighted by molar-refractivity contribution is -0.125. The number of nitrogens with two attached hydrogens (primary N) is 1. The minimum atomic E-state index is 0.157. The van der Waals surface area contributed by atoms with E-state index in [2.05, 4.69) is 29.5 Å². The Kier molecular flexibility index (Phi) is 7.58. The van der Waals surface area contributed by atoms with Crippen LogP contribution in [0.15, 0.2) is 12.1 Å². The van der Waals surface area contributed by atoms with Crippen LogP contribution in [-0.4, -0.2) is 24.0 Å². The number of amides is 1. The third-order valence-corrected chi connectivity index (χ3v) is 3.69. The summed E-state index contributed by atoms with van der Waals surface area (Å²) in [4.78, 5) is 16.1. The van der Waals surface area contributed by atoms with Gasteiger partial charge >= 0.3 is 0 Å². The van der Waals surface area contributed by atoms with E-state index < -0.39 is 0 Å². The normalized spacial score (nSPS) is 10.7. The Balaban J connectivity index is 2.14. The molecule has 0 saturated carbocycles. The van der Waals surface area contributed by atoms with Crippen molar-refractivity contribution in [3.63, 3.8) is 0 Å². The molecular weight excluding hydrogens is 264 g/mol. The zero-order chi connectivity index (χ0) is 15.7. The number of nitrogen functional groups attached to an aromatic ring is 1. The minimum absolute atomic E-state index is 0.157. The summed E-state index contributed by atoms with van der Waals surface area (Å²) in [5.41, 5.74) is 7.29. The number of aryl methyl sites for hydroxylation is 1. The van der Waals surface area contributed by atoms with E-state index in [0.29, 0.717) is 5.69 Å². The Morgan fingerprint density at radius 2 is 1.90 bits per heavy atom. The molecular formula is C16H28N4O. The molecule has 0 aromatic carbocycles. The second-order valence-corrected chi connectivity index (χ2v) is 5.31. The lowest BCUT2D eigenvalue weighted by Gasteiger charge is -2.12. The number of pyridine rings is 1. The van der Waals surface area contributed by atoms with Gasteiger partial charge in [0.1, 0.15) is 5.82 Å². The number of hydrogen-bond acceptors (Lipinski definition) is 4. The van der Waals surface area contributed by atoms with Gasteiger partial charge in [-0.3, -0.25) is 4.79 Å². The van der Waals surface area contributed by atoms with Gasteiger partial charge in [0.05, 0.1) is 11.4 Å². The monoisotopic (exact) mass is 292 g/mol. The first-order valence-electron chi connectivity index (χ1n) is 7.83. The number of nitrogens with one attached hydrogen (secondary N) is 2. The highest BCUT2D eigenvalue weighted by Crippen LogP contribution is 2.11. The van der Waals surface area contributed by atoms with Crippen molar-refractivity contribution in [1.82, 2.24) is 10.3 Å². The van der Waals surface area contributed by atoms with Crippen molar-refractivity contribution in [2.24, 2.45) is 5.92 Å². The van der Waals surface area contributed by atoms with Crippen molar-refractivity contribution in [1.29, 1.82) is 0 Å². The molecule has 1 aromatic heterocycles. The van der Waals surface area contributed by atoms with Crippen LogP contribution >= 0.6 is 0 Å². The third-order valence-electron chi connectivity index (χ3n) is 3.69. The maximum absolute atomic E-state index is 11.8. The smallest absolute Gasteiger partial charge is 0.223 e. The molecule has 1 aromatic rings. The van der Waals surface area contributed by atoms with E-state index >= 15 is 0 Å². The van der Waals surface area contributed by atoms with Gasteiger partial charge in [-0.15, -0.1) is 0 Å². The number of rotatable bonds is 9. The summed E-state index contributed by atoms with van der Waals surface area (Å²) in [7, 11) is 0. The molecule has 0 aliphatic carbocycles. The highest BCUT2D eigenvalue weighted by Gasteiger charge is 2.12. The first kappa shape index (κ1) is 17.3. The number of aromatic nitrogens is 1. The average Bonchev–Trinajstić information content (AvgIpc) is 2.47. The van der Waals surface area contributed by atoms with Crippen molar-refractivity contribution in [2.45, 2.75) is 46.5 Å².